The highest BCUT2D eigenvalue weighted by Gasteiger charge is 2.29. The Balaban J connectivity index is 0.00000181. The van der Waals surface area contributed by atoms with E-state index in [0.29, 0.717) is 10.7 Å². The number of carbonyl (C=O) groups excluding carboxylic acids is 2. The van der Waals surface area contributed by atoms with Crippen molar-refractivity contribution in [3.63, 3.8) is 0 Å². The van der Waals surface area contributed by atoms with Crippen LogP contribution in [0.5, 0.6) is 0 Å². The molecule has 1 saturated heterocycles. The highest BCUT2D eigenvalue weighted by Crippen LogP contribution is 2.36. The Morgan fingerprint density at radius 1 is 0.880 bits per heavy atom. The molecule has 272 valence electrons. The molecule has 3 heterocycles. The minimum Gasteiger partial charge on any atom is -0.480 e. The van der Waals surface area contributed by atoms with Gasteiger partial charge >= 0.3 is 5.97 Å². The Kier molecular flexibility index (Phi) is 14.4. The van der Waals surface area contributed by atoms with Crippen LogP contribution in [0.4, 0.5) is 5.69 Å². The van der Waals surface area contributed by atoms with Gasteiger partial charge in [-0.3, -0.25) is 9.59 Å². The molecule has 2 atom stereocenters. The smallest absolute Gasteiger partial charge is 0.328 e. The van der Waals surface area contributed by atoms with Crippen molar-refractivity contribution in [3.8, 4) is 11.4 Å². The number of nitrogens with one attached hydrogen (secondary N) is 2. The zero-order valence-electron chi connectivity index (χ0n) is 30.3. The summed E-state index contributed by atoms with van der Waals surface area (Å²) in [5, 5.41) is 23.9. The predicted octanol–water partition coefficient (Wildman–Crippen LogP) is 6.62. The number of benzene rings is 1. The van der Waals surface area contributed by atoms with E-state index >= 15 is 0 Å². The predicted molar refractivity (Wildman–Crippen MR) is 200 cm³/mol. The van der Waals surface area contributed by atoms with Crippen molar-refractivity contribution in [2.75, 3.05) is 24.6 Å². The van der Waals surface area contributed by atoms with Gasteiger partial charge in [-0.25, -0.2) is 14.8 Å². The van der Waals surface area contributed by atoms with E-state index in [1.54, 1.807) is 6.07 Å². The van der Waals surface area contributed by atoms with Crippen LogP contribution in [0.2, 0.25) is 0 Å². The molecule has 1 saturated carbocycles. The fraction of sp³-hybridized carbons (Fsp3) is 0.564. The number of anilines is 1. The van der Waals surface area contributed by atoms with Crippen LogP contribution in [0.3, 0.4) is 0 Å². The lowest BCUT2D eigenvalue weighted by molar-refractivity contribution is -0.143. The molecule has 2 amide bonds. The van der Waals surface area contributed by atoms with Crippen molar-refractivity contribution in [1.29, 1.82) is 0 Å². The maximum atomic E-state index is 13.2. The maximum Gasteiger partial charge on any atom is 0.328 e. The van der Waals surface area contributed by atoms with Gasteiger partial charge in [-0.1, -0.05) is 97.4 Å². The number of hydrogen-bond acceptors (Lipinski definition) is 8. The van der Waals surface area contributed by atoms with Gasteiger partial charge in [0.05, 0.1) is 29.6 Å². The van der Waals surface area contributed by atoms with Gasteiger partial charge in [0.2, 0.25) is 5.91 Å². The molecule has 3 aromatic rings. The largest absolute Gasteiger partial charge is 0.480 e. The number of amides is 2. The Morgan fingerprint density at radius 3 is 2.02 bits per heavy atom. The van der Waals surface area contributed by atoms with E-state index in [2.05, 4.69) is 60.1 Å². The van der Waals surface area contributed by atoms with Crippen molar-refractivity contribution in [2.45, 2.75) is 110 Å². The number of aliphatic hydroxyl groups is 1. The number of carbonyl (C=O) groups is 3. The number of thiophene rings is 1. The van der Waals surface area contributed by atoms with Crippen molar-refractivity contribution >= 4 is 34.8 Å². The van der Waals surface area contributed by atoms with Gasteiger partial charge in [0.25, 0.3) is 5.91 Å². The molecule has 2 unspecified atom stereocenters. The van der Waals surface area contributed by atoms with E-state index in [1.807, 2.05) is 42.7 Å². The molecule has 1 aromatic carbocycles. The van der Waals surface area contributed by atoms with Crippen LogP contribution < -0.4 is 15.5 Å². The van der Waals surface area contributed by atoms with Crippen molar-refractivity contribution in [1.82, 2.24) is 20.6 Å². The van der Waals surface area contributed by atoms with E-state index < -0.39 is 36.5 Å². The zero-order valence-corrected chi connectivity index (χ0v) is 31.1. The summed E-state index contributed by atoms with van der Waals surface area (Å²) < 4.78 is 0. The quantitative estimate of drug-likeness (QED) is 0.174. The third-order valence-corrected chi connectivity index (χ3v) is 11.0. The Labute approximate surface area is 301 Å². The number of piperidine rings is 1. The standard InChI is InChI=1S/C36H47N5O5S.C3H8/c1-36(2,3)31-14-13-30(47-31)34(44)39-28(33(43)40-29(22-42)35(45)46)19-23-9-11-26(12-10-23)32-37-20-27(21-38-32)41-17-15-25(16-18-41)24-7-5-4-6-8-24;1-3-2/h9-14,20-21,24-25,28-29,42H,4-8,15-19,22H2,1-3H3,(H,39,44)(H,40,43)(H,45,46);3H2,1-2H3. The SMILES string of the molecule is CC(C)(C)c1ccc(C(=O)NC(Cc2ccc(-c3ncc(N4CCC(C5CCCCC5)CC4)cn3)cc2)C(=O)NC(CO)C(=O)O)s1.CCC. The van der Waals surface area contributed by atoms with Crippen molar-refractivity contribution in [3.05, 3.63) is 64.1 Å². The first-order valence-corrected chi connectivity index (χ1v) is 19.0. The Morgan fingerprint density at radius 2 is 1.48 bits per heavy atom. The van der Waals surface area contributed by atoms with E-state index in [4.69, 9.17) is 0 Å². The van der Waals surface area contributed by atoms with E-state index in [0.717, 1.165) is 46.6 Å². The summed E-state index contributed by atoms with van der Waals surface area (Å²) in [6.07, 6.45) is 14.6. The fourth-order valence-electron chi connectivity index (χ4n) is 6.65. The van der Waals surface area contributed by atoms with Gasteiger partial charge < -0.3 is 25.7 Å². The van der Waals surface area contributed by atoms with Gasteiger partial charge in [-0.2, -0.15) is 0 Å². The molecule has 5 rings (SSSR count). The topological polar surface area (TPSA) is 145 Å². The van der Waals surface area contributed by atoms with Gasteiger partial charge in [-0.05, 0) is 47.8 Å². The third kappa shape index (κ3) is 10.8. The number of aliphatic carboxylic acids is 1. The summed E-state index contributed by atoms with van der Waals surface area (Å²) in [4.78, 5) is 51.0. The summed E-state index contributed by atoms with van der Waals surface area (Å²) in [5.41, 5.74) is 2.48. The second kappa shape index (κ2) is 18.4. The summed E-state index contributed by atoms with van der Waals surface area (Å²) in [5.74, 6) is -0.145. The first-order valence-electron chi connectivity index (χ1n) is 18.1. The molecule has 4 N–H and O–H groups in total. The Hall–Kier alpha value is -3.83. The van der Waals surface area contributed by atoms with Crippen LogP contribution in [-0.4, -0.2) is 69.7 Å². The minimum atomic E-state index is -1.48. The first kappa shape index (κ1) is 39.0. The highest BCUT2D eigenvalue weighted by molar-refractivity contribution is 7.14. The molecule has 1 aliphatic carbocycles. The molecule has 50 heavy (non-hydrogen) atoms. The van der Waals surface area contributed by atoms with E-state index in [9.17, 15) is 24.6 Å². The number of aliphatic hydroxyl groups excluding tert-OH is 1. The van der Waals surface area contributed by atoms with Crippen LogP contribution in [0.1, 0.15) is 106 Å². The molecular formula is C39H55N5O5S. The second-order valence-electron chi connectivity index (χ2n) is 14.6. The number of rotatable bonds is 11. The highest BCUT2D eigenvalue weighted by atomic mass is 32.1. The van der Waals surface area contributed by atoms with Crippen LogP contribution in [0.15, 0.2) is 48.8 Å². The number of carboxylic acids is 1. The second-order valence-corrected chi connectivity index (χ2v) is 15.7. The molecule has 2 fully saturated rings. The molecular weight excluding hydrogens is 651 g/mol. The zero-order chi connectivity index (χ0) is 36.3. The van der Waals surface area contributed by atoms with Crippen molar-refractivity contribution < 1.29 is 24.6 Å². The minimum absolute atomic E-state index is 0.115. The maximum absolute atomic E-state index is 13.2. The van der Waals surface area contributed by atoms with Crippen LogP contribution in [-0.2, 0) is 21.4 Å². The number of hydrogen-bond donors (Lipinski definition) is 4. The average Bonchev–Trinajstić information content (AvgIpc) is 3.63. The molecule has 0 bridgehead atoms. The normalized spacial score (nSPS) is 16.9. The van der Waals surface area contributed by atoms with Crippen LogP contribution >= 0.6 is 11.3 Å². The number of carboxylic acid groups (broad SMARTS) is 1. The summed E-state index contributed by atoms with van der Waals surface area (Å²) in [7, 11) is 0. The third-order valence-electron chi connectivity index (χ3n) is 9.50. The molecule has 1 aliphatic heterocycles. The van der Waals surface area contributed by atoms with Crippen molar-refractivity contribution in [2.24, 2.45) is 11.8 Å². The van der Waals surface area contributed by atoms with Gasteiger partial charge in [0, 0.05) is 30.0 Å². The average molecular weight is 706 g/mol. The number of aromatic nitrogens is 2. The van der Waals surface area contributed by atoms with Crippen LogP contribution in [0, 0.1) is 11.8 Å². The summed E-state index contributed by atoms with van der Waals surface area (Å²) >= 11 is 1.35. The van der Waals surface area contributed by atoms with Gasteiger partial charge in [0.1, 0.15) is 12.1 Å². The van der Waals surface area contributed by atoms with Crippen LogP contribution in [0.25, 0.3) is 11.4 Å². The molecule has 10 nitrogen and oxygen atoms in total. The first-order chi connectivity index (χ1) is 23.9. The lowest BCUT2D eigenvalue weighted by Crippen LogP contribution is -2.53. The monoisotopic (exact) mass is 705 g/mol. The summed E-state index contributed by atoms with van der Waals surface area (Å²) in [6.45, 7) is 11.7. The number of nitrogens with zero attached hydrogens (tertiary/aromatic N) is 3. The molecule has 2 aliphatic rings. The van der Waals surface area contributed by atoms with Gasteiger partial charge in [0.15, 0.2) is 5.82 Å². The lowest BCUT2D eigenvalue weighted by atomic mass is 9.76. The fourth-order valence-corrected chi connectivity index (χ4v) is 7.62. The lowest BCUT2D eigenvalue weighted by Gasteiger charge is -2.38. The Bertz CT molecular complexity index is 1520. The van der Waals surface area contributed by atoms with E-state index in [1.165, 1.54) is 62.7 Å². The molecule has 0 spiro atoms. The molecule has 11 heteroatoms. The van der Waals surface area contributed by atoms with Gasteiger partial charge in [-0.15, -0.1) is 11.3 Å². The summed E-state index contributed by atoms with van der Waals surface area (Å²) in [6, 6.07) is 8.51. The molecule has 0 radical (unpaired) electrons. The molecule has 2 aromatic heterocycles. The van der Waals surface area contributed by atoms with E-state index in [-0.39, 0.29) is 11.8 Å².